The number of aryl methyl sites for hydroxylation is 1. The van der Waals surface area contributed by atoms with Crippen LogP contribution in [0, 0.1) is 0 Å². The van der Waals surface area contributed by atoms with Crippen LogP contribution >= 0.6 is 0 Å². The molecule has 1 saturated heterocycles. The van der Waals surface area contributed by atoms with E-state index in [0.717, 1.165) is 0 Å². The van der Waals surface area contributed by atoms with E-state index in [-0.39, 0.29) is 36.9 Å². The molecule has 2 amide bonds. The molecule has 9 nitrogen and oxygen atoms in total. The van der Waals surface area contributed by atoms with E-state index in [9.17, 15) is 14.4 Å². The summed E-state index contributed by atoms with van der Waals surface area (Å²) in [4.78, 5) is 45.9. The molecule has 5 rings (SSSR count). The summed E-state index contributed by atoms with van der Waals surface area (Å²) in [6.07, 6.45) is 0.998. The molecule has 1 fully saturated rings. The Morgan fingerprint density at radius 1 is 0.939 bits per heavy atom. The van der Waals surface area contributed by atoms with Crippen LogP contribution in [0.5, 0.6) is 11.5 Å². The average molecular weight is 448 g/mol. The van der Waals surface area contributed by atoms with Gasteiger partial charge in [0.05, 0.1) is 17.2 Å². The standard InChI is InChI=1S/C24H24N4O5/c29-22(9-10-28-16-25-18-6-2-1-5-17(18)23(28)30)26-11-13-27(14-12-26)24(31)21-15-32-19-7-3-4-8-20(19)33-21/h1-8,16,21H,9-15H2. The molecular weight excluding hydrogens is 424 g/mol. The van der Waals surface area contributed by atoms with Crippen LogP contribution in [0.15, 0.2) is 59.7 Å². The topological polar surface area (TPSA) is 94.0 Å². The molecule has 0 radical (unpaired) electrons. The number of nitrogens with zero attached hydrogens (tertiary/aromatic N) is 4. The van der Waals surface area contributed by atoms with Crippen molar-refractivity contribution in [3.05, 3.63) is 65.2 Å². The van der Waals surface area contributed by atoms with Crippen LogP contribution in [0.2, 0.25) is 0 Å². The number of rotatable bonds is 4. The van der Waals surface area contributed by atoms with Gasteiger partial charge >= 0.3 is 0 Å². The van der Waals surface area contributed by atoms with Crippen LogP contribution in [0.25, 0.3) is 10.9 Å². The summed E-state index contributed by atoms with van der Waals surface area (Å²) >= 11 is 0. The molecule has 9 heteroatoms. The number of hydrogen-bond acceptors (Lipinski definition) is 6. The molecule has 3 aromatic rings. The Kier molecular flexibility index (Phi) is 5.68. The van der Waals surface area contributed by atoms with Gasteiger partial charge in [-0.1, -0.05) is 24.3 Å². The number of benzene rings is 2. The monoisotopic (exact) mass is 448 g/mol. The molecule has 1 aromatic heterocycles. The molecule has 0 aliphatic carbocycles. The Morgan fingerprint density at radius 2 is 1.64 bits per heavy atom. The number of amides is 2. The van der Waals surface area contributed by atoms with Gasteiger partial charge in [-0.15, -0.1) is 0 Å². The number of carbonyl (C=O) groups is 2. The summed E-state index contributed by atoms with van der Waals surface area (Å²) in [5.41, 5.74) is 0.488. The number of hydrogen-bond donors (Lipinski definition) is 0. The van der Waals surface area contributed by atoms with E-state index < -0.39 is 6.10 Å². The Morgan fingerprint density at radius 3 is 2.45 bits per heavy atom. The van der Waals surface area contributed by atoms with Crippen molar-refractivity contribution in [3.63, 3.8) is 0 Å². The highest BCUT2D eigenvalue weighted by atomic mass is 16.6. The van der Waals surface area contributed by atoms with Crippen LogP contribution in [0.4, 0.5) is 0 Å². The number of carbonyl (C=O) groups excluding carboxylic acids is 2. The van der Waals surface area contributed by atoms with Crippen LogP contribution in [0.3, 0.4) is 0 Å². The van der Waals surface area contributed by atoms with Gasteiger partial charge in [-0.2, -0.15) is 0 Å². The zero-order chi connectivity index (χ0) is 22.8. The SMILES string of the molecule is O=C(CCn1cnc2ccccc2c1=O)N1CCN(C(=O)C2COc3ccccc3O2)CC1. The number of fused-ring (bicyclic) bond motifs is 2. The van der Waals surface area contributed by atoms with Crippen molar-refractivity contribution in [1.29, 1.82) is 0 Å². The third kappa shape index (κ3) is 4.26. The molecule has 3 heterocycles. The van der Waals surface area contributed by atoms with E-state index in [2.05, 4.69) is 4.98 Å². The Labute approximate surface area is 190 Å². The van der Waals surface area contributed by atoms with Gasteiger partial charge in [-0.25, -0.2) is 4.98 Å². The van der Waals surface area contributed by atoms with Gasteiger partial charge in [-0.05, 0) is 24.3 Å². The Hall–Kier alpha value is -3.88. The molecule has 33 heavy (non-hydrogen) atoms. The molecule has 0 spiro atoms. The molecule has 2 aliphatic rings. The van der Waals surface area contributed by atoms with E-state index in [1.807, 2.05) is 24.3 Å². The van der Waals surface area contributed by atoms with Crippen molar-refractivity contribution in [2.75, 3.05) is 32.8 Å². The van der Waals surface area contributed by atoms with Gasteiger partial charge in [0, 0.05) is 39.1 Å². The fraction of sp³-hybridized carbons (Fsp3) is 0.333. The van der Waals surface area contributed by atoms with Crippen molar-refractivity contribution in [1.82, 2.24) is 19.4 Å². The van der Waals surface area contributed by atoms with Crippen LogP contribution in [0.1, 0.15) is 6.42 Å². The molecule has 0 N–H and O–H groups in total. The quantitative estimate of drug-likeness (QED) is 0.597. The minimum absolute atomic E-state index is 0.0478. The lowest BCUT2D eigenvalue weighted by Crippen LogP contribution is -2.55. The Bertz CT molecular complexity index is 1250. The molecule has 0 saturated carbocycles. The number of aromatic nitrogens is 2. The maximum atomic E-state index is 12.9. The highest BCUT2D eigenvalue weighted by molar-refractivity contribution is 5.83. The number of para-hydroxylation sites is 3. The third-order valence-electron chi connectivity index (χ3n) is 6.03. The normalized spacial score (nSPS) is 17.8. The van der Waals surface area contributed by atoms with E-state index >= 15 is 0 Å². The average Bonchev–Trinajstić information content (AvgIpc) is 2.87. The predicted octanol–water partition coefficient (Wildman–Crippen LogP) is 1.30. The summed E-state index contributed by atoms with van der Waals surface area (Å²) in [7, 11) is 0. The first-order valence-corrected chi connectivity index (χ1v) is 11.0. The zero-order valence-corrected chi connectivity index (χ0v) is 18.1. The van der Waals surface area contributed by atoms with Gasteiger partial charge in [-0.3, -0.25) is 19.0 Å². The van der Waals surface area contributed by atoms with Gasteiger partial charge in [0.2, 0.25) is 12.0 Å². The minimum Gasteiger partial charge on any atom is -0.485 e. The van der Waals surface area contributed by atoms with Crippen molar-refractivity contribution in [3.8, 4) is 11.5 Å². The van der Waals surface area contributed by atoms with Crippen LogP contribution in [-0.4, -0.2) is 70.1 Å². The van der Waals surface area contributed by atoms with Crippen molar-refractivity contribution < 1.29 is 19.1 Å². The van der Waals surface area contributed by atoms with E-state index in [1.54, 1.807) is 34.1 Å². The second-order valence-electron chi connectivity index (χ2n) is 8.08. The fourth-order valence-electron chi connectivity index (χ4n) is 4.16. The van der Waals surface area contributed by atoms with E-state index in [1.165, 1.54) is 10.9 Å². The summed E-state index contributed by atoms with van der Waals surface area (Å²) in [5, 5.41) is 0.538. The van der Waals surface area contributed by atoms with Crippen LogP contribution in [-0.2, 0) is 16.1 Å². The van der Waals surface area contributed by atoms with Crippen molar-refractivity contribution >= 4 is 22.7 Å². The summed E-state index contributed by atoms with van der Waals surface area (Å²) in [6, 6.07) is 14.4. The molecule has 170 valence electrons. The van der Waals surface area contributed by atoms with Gasteiger partial charge in [0.15, 0.2) is 11.5 Å². The maximum absolute atomic E-state index is 12.9. The summed E-state index contributed by atoms with van der Waals surface area (Å²) < 4.78 is 12.9. The molecule has 1 unspecified atom stereocenters. The lowest BCUT2D eigenvalue weighted by atomic mass is 10.2. The summed E-state index contributed by atoms with van der Waals surface area (Å²) in [6.45, 7) is 2.19. The second-order valence-corrected chi connectivity index (χ2v) is 8.08. The number of piperazine rings is 1. The molecule has 2 aromatic carbocycles. The van der Waals surface area contributed by atoms with Crippen molar-refractivity contribution in [2.45, 2.75) is 19.1 Å². The second kappa shape index (κ2) is 8.93. The van der Waals surface area contributed by atoms with Gasteiger partial charge in [0.25, 0.3) is 11.5 Å². The first-order chi connectivity index (χ1) is 16.1. The van der Waals surface area contributed by atoms with Crippen molar-refractivity contribution in [2.24, 2.45) is 0 Å². The molecular formula is C24H24N4O5. The maximum Gasteiger partial charge on any atom is 0.267 e. The zero-order valence-electron chi connectivity index (χ0n) is 18.1. The van der Waals surface area contributed by atoms with Gasteiger partial charge < -0.3 is 19.3 Å². The van der Waals surface area contributed by atoms with Crippen LogP contribution < -0.4 is 15.0 Å². The largest absolute Gasteiger partial charge is 0.485 e. The molecule has 1 atom stereocenters. The fourth-order valence-corrected chi connectivity index (χ4v) is 4.16. The predicted molar refractivity (Wildman–Crippen MR) is 120 cm³/mol. The number of ether oxygens (including phenoxy) is 2. The lowest BCUT2D eigenvalue weighted by Gasteiger charge is -2.37. The highest BCUT2D eigenvalue weighted by Gasteiger charge is 2.33. The van der Waals surface area contributed by atoms with E-state index in [4.69, 9.17) is 9.47 Å². The molecule has 0 bridgehead atoms. The van der Waals surface area contributed by atoms with Gasteiger partial charge in [0.1, 0.15) is 6.61 Å². The Balaban J connectivity index is 1.14. The first-order valence-electron chi connectivity index (χ1n) is 11.0. The first kappa shape index (κ1) is 21.0. The minimum atomic E-state index is -0.686. The lowest BCUT2D eigenvalue weighted by molar-refractivity contribution is -0.146. The molecule has 2 aliphatic heterocycles. The van der Waals surface area contributed by atoms with E-state index in [0.29, 0.717) is 48.6 Å². The summed E-state index contributed by atoms with van der Waals surface area (Å²) in [5.74, 6) is 1.02. The smallest absolute Gasteiger partial charge is 0.267 e. The third-order valence-corrected chi connectivity index (χ3v) is 6.03. The highest BCUT2D eigenvalue weighted by Crippen LogP contribution is 2.31.